The van der Waals surface area contributed by atoms with Crippen molar-refractivity contribution in [2.45, 2.75) is 155 Å². The lowest BCUT2D eigenvalue weighted by atomic mass is 9.80. The van der Waals surface area contributed by atoms with Crippen LogP contribution < -0.4 is 15.2 Å². The van der Waals surface area contributed by atoms with E-state index in [-0.39, 0.29) is 36.8 Å². The SMILES string of the molecule is CCCCN(C=Nc1ccn([C@@H]2O[C@H](COC(c3ccccc3)(c3ccc(OC)cc3)c3ccc(OC)cc3)[C@@H](O[Si](C)(C)C(C)(C)C)[C@H]2OP(OCCC#N)N(C(C)C)C(C)C)c(=O)n1)CCCC. The zero-order valence-electron chi connectivity index (χ0n) is 44.0. The van der Waals surface area contributed by atoms with Gasteiger partial charge in [-0.2, -0.15) is 10.2 Å². The number of aromatic nitrogens is 2. The van der Waals surface area contributed by atoms with Gasteiger partial charge >= 0.3 is 5.69 Å². The Morgan fingerprint density at radius 2 is 1.41 bits per heavy atom. The van der Waals surface area contributed by atoms with Crippen LogP contribution in [-0.2, 0) is 28.5 Å². The summed E-state index contributed by atoms with van der Waals surface area (Å²) in [6.45, 7) is 25.6. The van der Waals surface area contributed by atoms with Crippen LogP contribution in [0.2, 0.25) is 18.1 Å². The third-order valence-corrected chi connectivity index (χ3v) is 19.7. The summed E-state index contributed by atoms with van der Waals surface area (Å²) in [5.41, 5.74) is 0.856. The average Bonchev–Trinajstić information content (AvgIpc) is 3.66. The lowest BCUT2D eigenvalue weighted by Crippen LogP contribution is -2.51. The second kappa shape index (κ2) is 26.3. The molecule has 0 aliphatic carbocycles. The quantitative estimate of drug-likeness (QED) is 0.0140. The van der Waals surface area contributed by atoms with Crippen molar-refractivity contribution in [1.82, 2.24) is 19.1 Å². The van der Waals surface area contributed by atoms with E-state index in [0.29, 0.717) is 17.3 Å². The van der Waals surface area contributed by atoms with E-state index in [0.717, 1.165) is 55.5 Å². The summed E-state index contributed by atoms with van der Waals surface area (Å²) in [5.74, 6) is 1.71. The Morgan fingerprint density at radius 1 is 0.857 bits per heavy atom. The van der Waals surface area contributed by atoms with Crippen LogP contribution in [0.25, 0.3) is 0 Å². The predicted octanol–water partition coefficient (Wildman–Crippen LogP) is 11.8. The van der Waals surface area contributed by atoms with Crippen LogP contribution >= 0.6 is 8.53 Å². The molecule has 16 heteroatoms. The molecule has 0 saturated carbocycles. The summed E-state index contributed by atoms with van der Waals surface area (Å²) in [7, 11) is -1.19. The molecule has 5 rings (SSSR count). The minimum absolute atomic E-state index is 0.00377. The van der Waals surface area contributed by atoms with Crippen LogP contribution in [0.1, 0.15) is 117 Å². The maximum atomic E-state index is 14.5. The largest absolute Gasteiger partial charge is 0.497 e. The van der Waals surface area contributed by atoms with Gasteiger partial charge < -0.3 is 37.3 Å². The third-order valence-electron chi connectivity index (χ3n) is 13.1. The van der Waals surface area contributed by atoms with Gasteiger partial charge in [0, 0.05) is 31.4 Å². The van der Waals surface area contributed by atoms with E-state index >= 15 is 0 Å². The van der Waals surface area contributed by atoms with Crippen molar-refractivity contribution in [2.75, 3.05) is 40.5 Å². The minimum Gasteiger partial charge on any atom is -0.497 e. The van der Waals surface area contributed by atoms with Crippen molar-refractivity contribution in [2.24, 2.45) is 4.99 Å². The number of unbranched alkanes of at least 4 members (excludes halogenated alkanes) is 2. The average molecular weight is 999 g/mol. The first-order valence-electron chi connectivity index (χ1n) is 24.9. The molecule has 1 fully saturated rings. The van der Waals surface area contributed by atoms with Crippen molar-refractivity contribution in [1.29, 1.82) is 5.26 Å². The van der Waals surface area contributed by atoms with Crippen molar-refractivity contribution >= 4 is 29.0 Å². The van der Waals surface area contributed by atoms with Gasteiger partial charge in [0.2, 0.25) is 0 Å². The number of aliphatic imine (C=N–C) groups is 1. The number of rotatable bonds is 27. The Hall–Kier alpha value is -4.49. The fourth-order valence-corrected chi connectivity index (χ4v) is 11.3. The summed E-state index contributed by atoms with van der Waals surface area (Å²) in [4.78, 5) is 25.9. The lowest BCUT2D eigenvalue weighted by molar-refractivity contribution is -0.0944. The lowest BCUT2D eigenvalue weighted by Gasteiger charge is -2.42. The van der Waals surface area contributed by atoms with Gasteiger partial charge in [-0.15, -0.1) is 0 Å². The van der Waals surface area contributed by atoms with Gasteiger partial charge in [0.1, 0.15) is 35.4 Å². The molecular formula is C54H79N6O8PSi. The second-order valence-corrected chi connectivity index (χ2v) is 26.0. The molecule has 5 atom stereocenters. The molecule has 0 N–H and O–H groups in total. The molecule has 2 heterocycles. The number of methoxy groups -OCH3 is 2. The number of nitrogens with zero attached hydrogens (tertiary/aromatic N) is 6. The molecule has 14 nitrogen and oxygen atoms in total. The molecule has 1 aromatic heterocycles. The van der Waals surface area contributed by atoms with E-state index in [4.69, 9.17) is 32.4 Å². The van der Waals surface area contributed by atoms with E-state index in [1.54, 1.807) is 32.8 Å². The highest BCUT2D eigenvalue weighted by molar-refractivity contribution is 7.44. The molecule has 0 amide bonds. The molecule has 70 heavy (non-hydrogen) atoms. The molecule has 1 aliphatic rings. The molecule has 3 aromatic carbocycles. The van der Waals surface area contributed by atoms with Gasteiger partial charge in [0.15, 0.2) is 20.4 Å². The molecular weight excluding hydrogens is 920 g/mol. The van der Waals surface area contributed by atoms with Crippen LogP contribution in [0, 0.1) is 11.3 Å². The first-order valence-corrected chi connectivity index (χ1v) is 28.9. The monoisotopic (exact) mass is 999 g/mol. The molecule has 0 spiro atoms. The number of nitriles is 1. The Labute approximate surface area is 420 Å². The van der Waals surface area contributed by atoms with Gasteiger partial charge in [-0.05, 0) is 106 Å². The summed E-state index contributed by atoms with van der Waals surface area (Å²) in [6, 6.07) is 29.9. The maximum absolute atomic E-state index is 14.5. The number of ether oxygens (including phenoxy) is 4. The highest BCUT2D eigenvalue weighted by Crippen LogP contribution is 2.53. The summed E-state index contributed by atoms with van der Waals surface area (Å²) in [5, 5.41) is 9.39. The summed E-state index contributed by atoms with van der Waals surface area (Å²) >= 11 is 0. The minimum atomic E-state index is -2.65. The fourth-order valence-electron chi connectivity index (χ4n) is 8.28. The molecule has 0 bridgehead atoms. The van der Waals surface area contributed by atoms with Crippen LogP contribution in [-0.4, -0.2) is 105 Å². The normalized spacial score (nSPS) is 18.2. The standard InChI is InChI=1S/C54H79N6O8PSi/c1-14-16-34-58(35-17-15-2)39-56-48-32-36-59(52(61)57-48)51-50(67-69(65-37-21-33-55)60(40(3)4)41(5)6)49(68-70(12,13)53(7,8)9)47(66-51)38-64-54(42-22-19-18-20-23-42,43-24-28-45(62-10)29-25-43)44-26-30-46(63-11)31-27-44/h18-20,22-32,36,39-41,47,49-51H,14-17,21,34-35,37-38H2,1-13H3/t47-,49-,50-,51-,69?/m1/s1. The smallest absolute Gasteiger partial charge is 0.351 e. The van der Waals surface area contributed by atoms with Crippen molar-refractivity contribution in [3.8, 4) is 17.6 Å². The molecule has 4 aromatic rings. The highest BCUT2D eigenvalue weighted by Gasteiger charge is 2.54. The molecule has 1 saturated heterocycles. The first kappa shape index (κ1) is 56.4. The number of hydrogen-bond acceptors (Lipinski definition) is 12. The van der Waals surface area contributed by atoms with E-state index in [1.807, 2.05) is 66.7 Å². The molecule has 1 aliphatic heterocycles. The van der Waals surface area contributed by atoms with Crippen molar-refractivity contribution in [3.63, 3.8) is 0 Å². The van der Waals surface area contributed by atoms with Gasteiger partial charge in [-0.25, -0.2) is 14.5 Å². The summed E-state index contributed by atoms with van der Waals surface area (Å²) in [6.07, 6.45) is 4.36. The Kier molecular flexibility index (Phi) is 21.2. The zero-order chi connectivity index (χ0) is 51.1. The van der Waals surface area contributed by atoms with E-state index in [1.165, 1.54) is 4.57 Å². The summed E-state index contributed by atoms with van der Waals surface area (Å²) < 4.78 is 51.0. The molecule has 382 valence electrons. The molecule has 1 unspecified atom stereocenters. The van der Waals surface area contributed by atoms with Gasteiger partial charge in [0.05, 0.1) is 46.3 Å². The van der Waals surface area contributed by atoms with E-state index in [9.17, 15) is 10.1 Å². The van der Waals surface area contributed by atoms with Crippen LogP contribution in [0.4, 0.5) is 5.82 Å². The van der Waals surface area contributed by atoms with Crippen molar-refractivity contribution in [3.05, 3.63) is 118 Å². The van der Waals surface area contributed by atoms with E-state index < -0.39 is 52.7 Å². The number of hydrogen-bond donors (Lipinski definition) is 0. The third kappa shape index (κ3) is 14.1. The first-order chi connectivity index (χ1) is 33.4. The van der Waals surface area contributed by atoms with Crippen LogP contribution in [0.5, 0.6) is 11.5 Å². The van der Waals surface area contributed by atoms with Crippen molar-refractivity contribution < 1.29 is 32.4 Å². The van der Waals surface area contributed by atoms with Crippen LogP contribution in [0.15, 0.2) is 101 Å². The van der Waals surface area contributed by atoms with Gasteiger partial charge in [-0.3, -0.25) is 4.57 Å². The van der Waals surface area contributed by atoms with Gasteiger partial charge in [-0.1, -0.05) is 102 Å². The number of benzene rings is 3. The Morgan fingerprint density at radius 3 is 1.90 bits per heavy atom. The Balaban J connectivity index is 1.71. The zero-order valence-corrected chi connectivity index (χ0v) is 45.9. The second-order valence-electron chi connectivity index (χ2n) is 19.8. The molecule has 0 radical (unpaired) electrons. The van der Waals surface area contributed by atoms with Gasteiger partial charge in [0.25, 0.3) is 8.53 Å². The van der Waals surface area contributed by atoms with Crippen LogP contribution in [0.3, 0.4) is 0 Å². The topological polar surface area (TPSA) is 142 Å². The fraction of sp³-hybridized carbons (Fsp3) is 0.556. The predicted molar refractivity (Wildman–Crippen MR) is 282 cm³/mol. The Bertz CT molecular complexity index is 2260. The van der Waals surface area contributed by atoms with E-state index in [2.05, 4.69) is 113 Å². The highest BCUT2D eigenvalue weighted by atomic mass is 31.2. The maximum Gasteiger partial charge on any atom is 0.351 e.